The van der Waals surface area contributed by atoms with Gasteiger partial charge in [-0.15, -0.1) is 0 Å². The molecule has 1 aromatic carbocycles. The van der Waals surface area contributed by atoms with Crippen LogP contribution in [0.15, 0.2) is 18.2 Å². The first-order valence-corrected chi connectivity index (χ1v) is 7.42. The van der Waals surface area contributed by atoms with E-state index in [1.54, 1.807) is 6.07 Å². The second-order valence-electron chi connectivity index (χ2n) is 5.31. The van der Waals surface area contributed by atoms with Gasteiger partial charge in [0.25, 0.3) is 0 Å². The summed E-state index contributed by atoms with van der Waals surface area (Å²) in [6.07, 6.45) is 3.95. The minimum Gasteiger partial charge on any atom is -0.329 e. The first kappa shape index (κ1) is 14.8. The van der Waals surface area contributed by atoms with Gasteiger partial charge < -0.3 is 5.73 Å². The molecule has 1 atom stereocenters. The maximum atomic E-state index is 13.6. The van der Waals surface area contributed by atoms with Crippen molar-refractivity contribution >= 4 is 11.6 Å². The van der Waals surface area contributed by atoms with Crippen molar-refractivity contribution in [3.8, 4) is 0 Å². The molecule has 0 amide bonds. The average Bonchev–Trinajstić information content (AvgIpc) is 2.36. The van der Waals surface area contributed by atoms with Gasteiger partial charge in [-0.2, -0.15) is 0 Å². The van der Waals surface area contributed by atoms with Gasteiger partial charge in [-0.1, -0.05) is 31.0 Å². The SMILES string of the molecule is CCN(CC1CCC1)C(CN)c1ccc(Cl)c(F)c1. The number of benzene rings is 1. The van der Waals surface area contributed by atoms with E-state index in [0.717, 1.165) is 24.6 Å². The highest BCUT2D eigenvalue weighted by Crippen LogP contribution is 2.31. The first-order chi connectivity index (χ1) is 9.15. The third-order valence-electron chi connectivity index (χ3n) is 4.12. The molecule has 0 saturated heterocycles. The van der Waals surface area contributed by atoms with Crippen molar-refractivity contribution in [2.24, 2.45) is 11.7 Å². The van der Waals surface area contributed by atoms with Crippen LogP contribution in [-0.2, 0) is 0 Å². The molecule has 2 rings (SSSR count). The van der Waals surface area contributed by atoms with E-state index < -0.39 is 0 Å². The van der Waals surface area contributed by atoms with Gasteiger partial charge in [0.15, 0.2) is 0 Å². The predicted octanol–water partition coefficient (Wildman–Crippen LogP) is 3.60. The fourth-order valence-corrected chi connectivity index (χ4v) is 2.82. The summed E-state index contributed by atoms with van der Waals surface area (Å²) in [5, 5.41) is 0.168. The molecule has 1 unspecified atom stereocenters. The van der Waals surface area contributed by atoms with Crippen LogP contribution in [0.4, 0.5) is 4.39 Å². The summed E-state index contributed by atoms with van der Waals surface area (Å²) in [5.74, 6) is 0.420. The second kappa shape index (κ2) is 6.69. The van der Waals surface area contributed by atoms with Gasteiger partial charge >= 0.3 is 0 Å². The van der Waals surface area contributed by atoms with Crippen molar-refractivity contribution in [3.05, 3.63) is 34.6 Å². The highest BCUT2D eigenvalue weighted by atomic mass is 35.5. The van der Waals surface area contributed by atoms with Gasteiger partial charge in [-0.05, 0) is 43.0 Å². The lowest BCUT2D eigenvalue weighted by molar-refractivity contribution is 0.141. The van der Waals surface area contributed by atoms with E-state index in [2.05, 4.69) is 11.8 Å². The van der Waals surface area contributed by atoms with Crippen LogP contribution < -0.4 is 5.73 Å². The van der Waals surface area contributed by atoms with E-state index in [4.69, 9.17) is 17.3 Å². The molecule has 2 nitrogen and oxygen atoms in total. The zero-order valence-corrected chi connectivity index (χ0v) is 12.2. The number of nitrogens with zero attached hydrogens (tertiary/aromatic N) is 1. The van der Waals surface area contributed by atoms with Gasteiger partial charge in [-0.3, -0.25) is 4.90 Å². The highest BCUT2D eigenvalue weighted by molar-refractivity contribution is 6.30. The highest BCUT2D eigenvalue weighted by Gasteiger charge is 2.25. The minimum atomic E-state index is -0.364. The van der Waals surface area contributed by atoms with Crippen LogP contribution in [0.5, 0.6) is 0 Å². The molecule has 1 aliphatic rings. The monoisotopic (exact) mass is 284 g/mol. The zero-order chi connectivity index (χ0) is 13.8. The summed E-state index contributed by atoms with van der Waals surface area (Å²) < 4.78 is 13.6. The molecule has 0 heterocycles. The van der Waals surface area contributed by atoms with Crippen LogP contribution in [0.2, 0.25) is 5.02 Å². The Kier molecular flexibility index (Phi) is 5.20. The molecule has 1 saturated carbocycles. The normalized spacial score (nSPS) is 17.5. The Morgan fingerprint density at radius 1 is 1.47 bits per heavy atom. The molecule has 4 heteroatoms. The number of halogens is 2. The Balaban J connectivity index is 2.13. The van der Waals surface area contributed by atoms with E-state index in [-0.39, 0.29) is 16.9 Å². The maximum absolute atomic E-state index is 13.6. The largest absolute Gasteiger partial charge is 0.329 e. The van der Waals surface area contributed by atoms with Gasteiger partial charge in [0, 0.05) is 19.1 Å². The van der Waals surface area contributed by atoms with Crippen LogP contribution in [0.3, 0.4) is 0 Å². The molecule has 0 aliphatic heterocycles. The fourth-order valence-electron chi connectivity index (χ4n) is 2.70. The maximum Gasteiger partial charge on any atom is 0.142 e. The summed E-state index contributed by atoms with van der Waals surface area (Å²) in [6, 6.07) is 5.10. The summed E-state index contributed by atoms with van der Waals surface area (Å²) in [5.41, 5.74) is 6.83. The van der Waals surface area contributed by atoms with Gasteiger partial charge in [0.05, 0.1) is 5.02 Å². The van der Waals surface area contributed by atoms with E-state index in [9.17, 15) is 4.39 Å². The van der Waals surface area contributed by atoms with E-state index in [1.165, 1.54) is 25.3 Å². The molecule has 19 heavy (non-hydrogen) atoms. The van der Waals surface area contributed by atoms with Gasteiger partial charge in [0.2, 0.25) is 0 Å². The molecule has 1 fully saturated rings. The van der Waals surface area contributed by atoms with Crippen LogP contribution in [0, 0.1) is 11.7 Å². The minimum absolute atomic E-state index is 0.0809. The zero-order valence-electron chi connectivity index (χ0n) is 11.4. The number of likely N-dealkylation sites (N-methyl/N-ethyl adjacent to an activating group) is 1. The quantitative estimate of drug-likeness (QED) is 0.865. The predicted molar refractivity (Wildman–Crippen MR) is 77.8 cm³/mol. The summed E-state index contributed by atoms with van der Waals surface area (Å²) >= 11 is 5.74. The molecule has 0 radical (unpaired) electrons. The standard InChI is InChI=1S/C15H22ClFN2/c1-2-19(10-11-4-3-5-11)15(9-18)12-6-7-13(16)14(17)8-12/h6-8,11,15H,2-5,9-10,18H2,1H3. The Morgan fingerprint density at radius 3 is 2.68 bits per heavy atom. The van der Waals surface area contributed by atoms with Crippen LogP contribution in [-0.4, -0.2) is 24.5 Å². The summed E-state index contributed by atoms with van der Waals surface area (Å²) in [4.78, 5) is 2.35. The number of hydrogen-bond acceptors (Lipinski definition) is 2. The van der Waals surface area contributed by atoms with Crippen LogP contribution >= 0.6 is 11.6 Å². The van der Waals surface area contributed by atoms with Crippen LogP contribution in [0.1, 0.15) is 37.8 Å². The molecule has 1 aromatic rings. The van der Waals surface area contributed by atoms with Crippen molar-refractivity contribution in [3.63, 3.8) is 0 Å². The Bertz CT molecular complexity index is 421. The summed E-state index contributed by atoms with van der Waals surface area (Å²) in [6.45, 7) is 4.63. The second-order valence-corrected chi connectivity index (χ2v) is 5.72. The van der Waals surface area contributed by atoms with E-state index >= 15 is 0 Å². The van der Waals surface area contributed by atoms with Gasteiger partial charge in [0.1, 0.15) is 5.82 Å². The molecular formula is C15H22ClFN2. The first-order valence-electron chi connectivity index (χ1n) is 7.04. The smallest absolute Gasteiger partial charge is 0.142 e. The van der Waals surface area contributed by atoms with E-state index in [0.29, 0.717) is 6.54 Å². The van der Waals surface area contributed by atoms with Crippen molar-refractivity contribution in [1.29, 1.82) is 0 Å². The Morgan fingerprint density at radius 2 is 2.21 bits per heavy atom. The Labute approximate surface area is 119 Å². The molecule has 0 bridgehead atoms. The topological polar surface area (TPSA) is 29.3 Å². The number of rotatable bonds is 6. The third kappa shape index (κ3) is 3.47. The number of hydrogen-bond donors (Lipinski definition) is 1. The summed E-state index contributed by atoms with van der Waals surface area (Å²) in [7, 11) is 0. The number of nitrogens with two attached hydrogens (primary N) is 1. The van der Waals surface area contributed by atoms with E-state index in [1.807, 2.05) is 6.07 Å². The molecule has 1 aliphatic carbocycles. The van der Waals surface area contributed by atoms with Crippen LogP contribution in [0.25, 0.3) is 0 Å². The van der Waals surface area contributed by atoms with Crippen molar-refractivity contribution in [1.82, 2.24) is 4.90 Å². The lowest BCUT2D eigenvalue weighted by Crippen LogP contribution is -2.38. The Hall–Kier alpha value is -0.640. The third-order valence-corrected chi connectivity index (χ3v) is 4.42. The average molecular weight is 285 g/mol. The van der Waals surface area contributed by atoms with Gasteiger partial charge in [-0.25, -0.2) is 4.39 Å². The van der Waals surface area contributed by atoms with Crippen molar-refractivity contribution < 1.29 is 4.39 Å². The molecule has 106 valence electrons. The van der Waals surface area contributed by atoms with Crippen molar-refractivity contribution in [2.45, 2.75) is 32.2 Å². The molecule has 0 spiro atoms. The lowest BCUT2D eigenvalue weighted by atomic mass is 9.84. The fraction of sp³-hybridized carbons (Fsp3) is 0.600. The molecule has 0 aromatic heterocycles. The van der Waals surface area contributed by atoms with Crippen molar-refractivity contribution in [2.75, 3.05) is 19.6 Å². The lowest BCUT2D eigenvalue weighted by Gasteiger charge is -2.36. The molecule has 2 N–H and O–H groups in total. The molecular weight excluding hydrogens is 263 g/mol.